The summed E-state index contributed by atoms with van der Waals surface area (Å²) in [6.45, 7) is 6.96. The van der Waals surface area contributed by atoms with Crippen molar-refractivity contribution in [3.63, 3.8) is 0 Å². The van der Waals surface area contributed by atoms with Crippen molar-refractivity contribution >= 4 is 23.2 Å². The van der Waals surface area contributed by atoms with Gasteiger partial charge in [-0.15, -0.1) is 0 Å². The van der Waals surface area contributed by atoms with Crippen LogP contribution in [0, 0.1) is 5.92 Å². The Labute approximate surface area is 182 Å². The Hall–Kier alpha value is -2.90. The Morgan fingerprint density at radius 3 is 2.77 bits per heavy atom. The first-order valence-electron chi connectivity index (χ1n) is 10.9. The molecule has 0 saturated carbocycles. The van der Waals surface area contributed by atoms with Crippen LogP contribution in [-0.4, -0.2) is 56.2 Å². The van der Waals surface area contributed by atoms with Crippen LogP contribution < -0.4 is 15.0 Å². The third-order valence-electron chi connectivity index (χ3n) is 5.66. The Balaban J connectivity index is 1.39. The zero-order valence-electron chi connectivity index (χ0n) is 17.9. The summed E-state index contributed by atoms with van der Waals surface area (Å²) < 4.78 is 11.1. The summed E-state index contributed by atoms with van der Waals surface area (Å²) in [5, 5.41) is 3.00. The van der Waals surface area contributed by atoms with Gasteiger partial charge in [0.15, 0.2) is 0 Å². The number of morpholine rings is 1. The van der Waals surface area contributed by atoms with E-state index in [1.54, 1.807) is 4.90 Å². The molecule has 4 rings (SSSR count). The van der Waals surface area contributed by atoms with E-state index in [1.165, 1.54) is 0 Å². The molecule has 1 atom stereocenters. The number of para-hydroxylation sites is 2. The average Bonchev–Trinajstić information content (AvgIpc) is 3.17. The normalized spacial score (nSPS) is 19.5. The summed E-state index contributed by atoms with van der Waals surface area (Å²) in [7, 11) is 0. The molecule has 31 heavy (non-hydrogen) atoms. The number of hydrogen-bond acceptors (Lipinski definition) is 5. The largest absolute Gasteiger partial charge is 0.492 e. The number of anilines is 2. The van der Waals surface area contributed by atoms with E-state index in [-0.39, 0.29) is 18.2 Å². The molecule has 2 saturated heterocycles. The molecule has 2 aliphatic heterocycles. The van der Waals surface area contributed by atoms with Crippen molar-refractivity contribution in [2.45, 2.75) is 19.9 Å². The SMILES string of the molecule is CCOc1ccccc1N1CC(C(=O)Nc2cccc(CN3CCOCC3)c2)CC1=O. The molecule has 164 valence electrons. The van der Waals surface area contributed by atoms with Crippen molar-refractivity contribution in [3.05, 3.63) is 54.1 Å². The van der Waals surface area contributed by atoms with E-state index in [1.807, 2.05) is 49.4 Å². The highest BCUT2D eigenvalue weighted by Gasteiger charge is 2.36. The van der Waals surface area contributed by atoms with Gasteiger partial charge in [-0.3, -0.25) is 14.5 Å². The lowest BCUT2D eigenvalue weighted by Gasteiger charge is -2.26. The maximum absolute atomic E-state index is 12.9. The zero-order chi connectivity index (χ0) is 21.6. The summed E-state index contributed by atoms with van der Waals surface area (Å²) in [6, 6.07) is 15.4. The number of hydrogen-bond donors (Lipinski definition) is 1. The first-order valence-corrected chi connectivity index (χ1v) is 10.9. The van der Waals surface area contributed by atoms with Crippen molar-refractivity contribution in [3.8, 4) is 5.75 Å². The van der Waals surface area contributed by atoms with Crippen LogP contribution >= 0.6 is 0 Å². The molecular weight excluding hydrogens is 394 g/mol. The second kappa shape index (κ2) is 9.94. The van der Waals surface area contributed by atoms with Crippen LogP contribution in [-0.2, 0) is 20.9 Å². The number of ether oxygens (including phenoxy) is 2. The third kappa shape index (κ3) is 5.24. The van der Waals surface area contributed by atoms with Gasteiger partial charge in [-0.05, 0) is 36.8 Å². The minimum atomic E-state index is -0.398. The van der Waals surface area contributed by atoms with Crippen LogP contribution in [0.25, 0.3) is 0 Å². The molecule has 7 heteroatoms. The molecule has 0 spiro atoms. The van der Waals surface area contributed by atoms with Crippen molar-refractivity contribution in [2.75, 3.05) is 49.7 Å². The van der Waals surface area contributed by atoms with Gasteiger partial charge in [0.1, 0.15) is 5.75 Å². The quantitative estimate of drug-likeness (QED) is 0.742. The van der Waals surface area contributed by atoms with E-state index in [9.17, 15) is 9.59 Å². The smallest absolute Gasteiger partial charge is 0.229 e. The van der Waals surface area contributed by atoms with Crippen LogP contribution in [0.4, 0.5) is 11.4 Å². The Kier molecular flexibility index (Phi) is 6.84. The topological polar surface area (TPSA) is 71.1 Å². The molecule has 2 aromatic rings. The molecule has 0 bridgehead atoms. The van der Waals surface area contributed by atoms with Gasteiger partial charge in [-0.25, -0.2) is 0 Å². The third-order valence-corrected chi connectivity index (χ3v) is 5.66. The summed E-state index contributed by atoms with van der Waals surface area (Å²) in [6.07, 6.45) is 0.194. The number of nitrogens with zero attached hydrogens (tertiary/aromatic N) is 2. The Morgan fingerprint density at radius 1 is 1.16 bits per heavy atom. The minimum absolute atomic E-state index is 0.0617. The van der Waals surface area contributed by atoms with Gasteiger partial charge < -0.3 is 19.7 Å². The summed E-state index contributed by atoms with van der Waals surface area (Å²) >= 11 is 0. The molecular formula is C24H29N3O4. The fraction of sp³-hybridized carbons (Fsp3) is 0.417. The van der Waals surface area contributed by atoms with E-state index in [0.29, 0.717) is 18.9 Å². The molecule has 2 aliphatic rings. The average molecular weight is 424 g/mol. The highest BCUT2D eigenvalue weighted by Crippen LogP contribution is 2.33. The van der Waals surface area contributed by atoms with Crippen LogP contribution in [0.5, 0.6) is 5.75 Å². The summed E-state index contributed by atoms with van der Waals surface area (Å²) in [5.41, 5.74) is 2.63. The van der Waals surface area contributed by atoms with Gasteiger partial charge in [-0.2, -0.15) is 0 Å². The molecule has 2 heterocycles. The minimum Gasteiger partial charge on any atom is -0.492 e. The molecule has 2 fully saturated rings. The van der Waals surface area contributed by atoms with Crippen LogP contribution in [0.2, 0.25) is 0 Å². The van der Waals surface area contributed by atoms with Gasteiger partial charge >= 0.3 is 0 Å². The molecule has 2 amide bonds. The Morgan fingerprint density at radius 2 is 1.97 bits per heavy atom. The summed E-state index contributed by atoms with van der Waals surface area (Å²) in [5.74, 6) is 0.0712. The first kappa shape index (κ1) is 21.3. The van der Waals surface area contributed by atoms with Crippen LogP contribution in [0.15, 0.2) is 48.5 Å². The van der Waals surface area contributed by atoms with E-state index in [4.69, 9.17) is 9.47 Å². The molecule has 1 N–H and O–H groups in total. The van der Waals surface area contributed by atoms with Gasteiger partial charge in [0, 0.05) is 38.3 Å². The van der Waals surface area contributed by atoms with Gasteiger partial charge in [-0.1, -0.05) is 24.3 Å². The molecule has 7 nitrogen and oxygen atoms in total. The van der Waals surface area contributed by atoms with E-state index in [0.717, 1.165) is 49.8 Å². The summed E-state index contributed by atoms with van der Waals surface area (Å²) in [4.78, 5) is 29.5. The highest BCUT2D eigenvalue weighted by atomic mass is 16.5. The molecule has 0 aromatic heterocycles. The maximum Gasteiger partial charge on any atom is 0.229 e. The van der Waals surface area contributed by atoms with Crippen molar-refractivity contribution in [1.29, 1.82) is 0 Å². The van der Waals surface area contributed by atoms with E-state index in [2.05, 4.69) is 16.3 Å². The first-order chi connectivity index (χ1) is 15.1. The van der Waals surface area contributed by atoms with Crippen LogP contribution in [0.1, 0.15) is 18.9 Å². The lowest BCUT2D eigenvalue weighted by molar-refractivity contribution is -0.122. The van der Waals surface area contributed by atoms with Crippen LogP contribution in [0.3, 0.4) is 0 Å². The molecule has 1 unspecified atom stereocenters. The monoisotopic (exact) mass is 423 g/mol. The number of nitrogens with one attached hydrogen (secondary N) is 1. The Bertz CT molecular complexity index is 927. The second-order valence-corrected chi connectivity index (χ2v) is 7.88. The number of amides is 2. The van der Waals surface area contributed by atoms with Gasteiger partial charge in [0.25, 0.3) is 0 Å². The predicted octanol–water partition coefficient (Wildman–Crippen LogP) is 2.91. The lowest BCUT2D eigenvalue weighted by atomic mass is 10.1. The fourth-order valence-electron chi connectivity index (χ4n) is 4.08. The highest BCUT2D eigenvalue weighted by molar-refractivity contribution is 6.04. The predicted molar refractivity (Wildman–Crippen MR) is 119 cm³/mol. The molecule has 0 aliphatic carbocycles. The fourth-order valence-corrected chi connectivity index (χ4v) is 4.08. The van der Waals surface area contributed by atoms with Crippen molar-refractivity contribution in [2.24, 2.45) is 5.92 Å². The van der Waals surface area contributed by atoms with Gasteiger partial charge in [0.2, 0.25) is 11.8 Å². The van der Waals surface area contributed by atoms with E-state index >= 15 is 0 Å². The number of carbonyl (C=O) groups excluding carboxylic acids is 2. The molecule has 2 aromatic carbocycles. The van der Waals surface area contributed by atoms with Gasteiger partial charge in [0.05, 0.1) is 31.4 Å². The number of rotatable bonds is 7. The van der Waals surface area contributed by atoms with Crippen molar-refractivity contribution < 1.29 is 19.1 Å². The lowest BCUT2D eigenvalue weighted by Crippen LogP contribution is -2.35. The standard InChI is InChI=1S/C24H29N3O4/c1-2-31-22-9-4-3-8-21(22)27-17-19(15-23(27)28)24(29)25-20-7-5-6-18(14-20)16-26-10-12-30-13-11-26/h3-9,14,19H,2,10-13,15-17H2,1H3,(H,25,29). The molecule has 0 radical (unpaired) electrons. The number of carbonyl (C=O) groups is 2. The maximum atomic E-state index is 12.9. The van der Waals surface area contributed by atoms with Crippen molar-refractivity contribution in [1.82, 2.24) is 4.90 Å². The van der Waals surface area contributed by atoms with E-state index < -0.39 is 5.92 Å². The second-order valence-electron chi connectivity index (χ2n) is 7.88. The number of benzene rings is 2. The zero-order valence-corrected chi connectivity index (χ0v) is 17.9.